The number of carbonyl (C=O) groups excluding carboxylic acids is 1. The summed E-state index contributed by atoms with van der Waals surface area (Å²) in [4.78, 5) is 31.7. The van der Waals surface area contributed by atoms with Crippen molar-refractivity contribution in [3.8, 4) is 11.3 Å². The summed E-state index contributed by atoms with van der Waals surface area (Å²) in [7, 11) is 0. The zero-order valence-electron chi connectivity index (χ0n) is 19.9. The molecular formula is C28H23ClN2O4S. The van der Waals surface area contributed by atoms with Crippen molar-refractivity contribution in [2.45, 2.75) is 26.8 Å². The Morgan fingerprint density at radius 1 is 1.11 bits per heavy atom. The minimum atomic E-state index is -0.635. The van der Waals surface area contributed by atoms with Crippen LogP contribution in [0, 0.1) is 6.92 Å². The minimum Gasteiger partial charge on any atom is -0.463 e. The summed E-state index contributed by atoms with van der Waals surface area (Å²) in [6.45, 7) is 5.75. The SMILES string of the molecule is CCOC(=O)C1=C(C)N=c2s/c(=C\c3ccc(-c4ccc(Cl)cc4)o3)c(=O)n2C1c1ccc(C)cc1. The van der Waals surface area contributed by atoms with Gasteiger partial charge in [0.2, 0.25) is 0 Å². The highest BCUT2D eigenvalue weighted by Gasteiger charge is 2.33. The van der Waals surface area contributed by atoms with Crippen LogP contribution in [0.1, 0.15) is 36.8 Å². The number of rotatable bonds is 5. The van der Waals surface area contributed by atoms with Gasteiger partial charge in [-0.1, -0.05) is 52.8 Å². The van der Waals surface area contributed by atoms with Gasteiger partial charge in [0.05, 0.1) is 28.5 Å². The lowest BCUT2D eigenvalue weighted by Crippen LogP contribution is -2.39. The number of halogens is 1. The summed E-state index contributed by atoms with van der Waals surface area (Å²) in [5, 5.41) is 0.646. The number of hydrogen-bond acceptors (Lipinski definition) is 6. The Balaban J connectivity index is 1.63. The van der Waals surface area contributed by atoms with Crippen molar-refractivity contribution >= 4 is 35.0 Å². The second kappa shape index (κ2) is 9.76. The summed E-state index contributed by atoms with van der Waals surface area (Å²) in [5.74, 6) is 0.736. The Kier molecular flexibility index (Phi) is 6.51. The molecule has 1 unspecified atom stereocenters. The lowest BCUT2D eigenvalue weighted by Gasteiger charge is -2.24. The quantitative estimate of drug-likeness (QED) is 0.348. The Labute approximate surface area is 216 Å². The first-order chi connectivity index (χ1) is 17.4. The number of carbonyl (C=O) groups is 1. The summed E-state index contributed by atoms with van der Waals surface area (Å²) < 4.78 is 13.4. The fourth-order valence-corrected chi connectivity index (χ4v) is 5.34. The highest BCUT2D eigenvalue weighted by atomic mass is 35.5. The van der Waals surface area contributed by atoms with Crippen LogP contribution in [0.2, 0.25) is 5.02 Å². The van der Waals surface area contributed by atoms with Crippen molar-refractivity contribution in [1.29, 1.82) is 0 Å². The van der Waals surface area contributed by atoms with Crippen LogP contribution in [0.4, 0.5) is 0 Å². The van der Waals surface area contributed by atoms with Crippen LogP contribution in [0.25, 0.3) is 17.4 Å². The van der Waals surface area contributed by atoms with Gasteiger partial charge in [0.25, 0.3) is 5.56 Å². The van der Waals surface area contributed by atoms with Crippen LogP contribution in [0.15, 0.2) is 86.1 Å². The molecule has 0 bridgehead atoms. The molecule has 2 aromatic carbocycles. The van der Waals surface area contributed by atoms with E-state index < -0.39 is 12.0 Å². The molecule has 0 saturated carbocycles. The molecule has 0 aliphatic carbocycles. The third kappa shape index (κ3) is 4.47. The second-order valence-electron chi connectivity index (χ2n) is 8.42. The normalized spacial score (nSPS) is 15.6. The maximum absolute atomic E-state index is 13.7. The molecule has 0 N–H and O–H groups in total. The zero-order chi connectivity index (χ0) is 25.4. The van der Waals surface area contributed by atoms with E-state index in [4.69, 9.17) is 20.8 Å². The number of hydrogen-bond donors (Lipinski definition) is 0. The number of esters is 1. The number of nitrogens with zero attached hydrogens (tertiary/aromatic N) is 2. The number of aromatic nitrogens is 1. The third-order valence-electron chi connectivity index (χ3n) is 5.94. The molecule has 3 heterocycles. The summed E-state index contributed by atoms with van der Waals surface area (Å²) in [6.07, 6.45) is 1.71. The molecule has 0 saturated heterocycles. The molecule has 6 nitrogen and oxygen atoms in total. The molecule has 5 rings (SSSR count). The van der Waals surface area contributed by atoms with Crippen LogP contribution in [0.5, 0.6) is 0 Å². The fraction of sp³-hybridized carbons (Fsp3) is 0.179. The van der Waals surface area contributed by atoms with E-state index >= 15 is 0 Å². The van der Waals surface area contributed by atoms with E-state index in [2.05, 4.69) is 4.99 Å². The Bertz CT molecular complexity index is 1660. The zero-order valence-corrected chi connectivity index (χ0v) is 21.5. The predicted octanol–water partition coefficient (Wildman–Crippen LogP) is 5.02. The van der Waals surface area contributed by atoms with E-state index in [0.717, 1.165) is 16.7 Å². The summed E-state index contributed by atoms with van der Waals surface area (Å²) in [5.41, 5.74) is 3.43. The largest absolute Gasteiger partial charge is 0.463 e. The molecule has 1 aliphatic rings. The monoisotopic (exact) mass is 518 g/mol. The first-order valence-corrected chi connectivity index (χ1v) is 12.7. The molecule has 0 radical (unpaired) electrons. The highest BCUT2D eigenvalue weighted by molar-refractivity contribution is 7.07. The van der Waals surface area contributed by atoms with Crippen LogP contribution in [-0.4, -0.2) is 17.1 Å². The molecule has 4 aromatic rings. The van der Waals surface area contributed by atoms with E-state index in [-0.39, 0.29) is 12.2 Å². The van der Waals surface area contributed by atoms with Gasteiger partial charge >= 0.3 is 5.97 Å². The maximum atomic E-state index is 13.7. The first-order valence-electron chi connectivity index (χ1n) is 11.5. The highest BCUT2D eigenvalue weighted by Crippen LogP contribution is 2.31. The van der Waals surface area contributed by atoms with Gasteiger partial charge in [0.15, 0.2) is 4.80 Å². The number of aryl methyl sites for hydroxylation is 1. The minimum absolute atomic E-state index is 0.231. The Hall–Kier alpha value is -3.68. The van der Waals surface area contributed by atoms with Gasteiger partial charge in [0.1, 0.15) is 11.5 Å². The van der Waals surface area contributed by atoms with Gasteiger partial charge < -0.3 is 9.15 Å². The fourth-order valence-electron chi connectivity index (χ4n) is 4.18. The number of ether oxygens (including phenoxy) is 1. The van der Waals surface area contributed by atoms with Gasteiger partial charge in [-0.05, 0) is 62.7 Å². The molecule has 1 atom stereocenters. The molecular weight excluding hydrogens is 496 g/mol. The Morgan fingerprint density at radius 3 is 2.53 bits per heavy atom. The van der Waals surface area contributed by atoms with Gasteiger partial charge in [-0.25, -0.2) is 9.79 Å². The lowest BCUT2D eigenvalue weighted by atomic mass is 9.95. The van der Waals surface area contributed by atoms with Gasteiger partial charge in [0, 0.05) is 16.7 Å². The van der Waals surface area contributed by atoms with Crippen molar-refractivity contribution in [2.24, 2.45) is 4.99 Å². The molecule has 0 spiro atoms. The molecule has 8 heteroatoms. The molecule has 0 amide bonds. The molecule has 182 valence electrons. The Morgan fingerprint density at radius 2 is 1.83 bits per heavy atom. The van der Waals surface area contributed by atoms with E-state index in [0.29, 0.717) is 37.1 Å². The maximum Gasteiger partial charge on any atom is 0.338 e. The van der Waals surface area contributed by atoms with Gasteiger partial charge in [-0.15, -0.1) is 0 Å². The second-order valence-corrected chi connectivity index (χ2v) is 9.87. The molecule has 1 aliphatic heterocycles. The topological polar surface area (TPSA) is 73.8 Å². The number of thiazole rings is 1. The third-order valence-corrected chi connectivity index (χ3v) is 7.17. The standard InChI is InChI=1S/C28H23ClN2O4S/c1-4-34-27(33)24-17(3)30-28-31(25(24)19-7-5-16(2)6-8-19)26(32)23(36-28)15-21-13-14-22(35-21)18-9-11-20(29)12-10-18/h5-15,25H,4H2,1-3H3/b23-15-. The molecule has 36 heavy (non-hydrogen) atoms. The van der Waals surface area contributed by atoms with E-state index in [1.165, 1.54) is 11.3 Å². The number of benzene rings is 2. The smallest absolute Gasteiger partial charge is 0.338 e. The average molecular weight is 519 g/mol. The van der Waals surface area contributed by atoms with Crippen molar-refractivity contribution in [3.05, 3.63) is 114 Å². The first kappa shape index (κ1) is 24.0. The number of fused-ring (bicyclic) bond motifs is 1. The summed E-state index contributed by atoms with van der Waals surface area (Å²) >= 11 is 7.25. The van der Waals surface area contributed by atoms with Crippen molar-refractivity contribution < 1.29 is 13.9 Å². The van der Waals surface area contributed by atoms with Crippen LogP contribution >= 0.6 is 22.9 Å². The van der Waals surface area contributed by atoms with E-state index in [9.17, 15) is 9.59 Å². The average Bonchev–Trinajstić information content (AvgIpc) is 3.44. The lowest BCUT2D eigenvalue weighted by molar-refractivity contribution is -0.139. The van der Waals surface area contributed by atoms with Crippen molar-refractivity contribution in [1.82, 2.24) is 4.57 Å². The van der Waals surface area contributed by atoms with Crippen molar-refractivity contribution in [3.63, 3.8) is 0 Å². The van der Waals surface area contributed by atoms with Crippen LogP contribution in [0.3, 0.4) is 0 Å². The number of allylic oxidation sites excluding steroid dienone is 1. The summed E-state index contributed by atoms with van der Waals surface area (Å²) in [6, 6.07) is 18.2. The number of furan rings is 1. The molecule has 0 fully saturated rings. The van der Waals surface area contributed by atoms with E-state index in [1.54, 1.807) is 36.6 Å². The molecule has 2 aromatic heterocycles. The van der Waals surface area contributed by atoms with Crippen molar-refractivity contribution in [2.75, 3.05) is 6.61 Å². The van der Waals surface area contributed by atoms with Crippen LogP contribution < -0.4 is 14.9 Å². The van der Waals surface area contributed by atoms with E-state index in [1.807, 2.05) is 55.5 Å². The van der Waals surface area contributed by atoms with Gasteiger partial charge in [-0.3, -0.25) is 9.36 Å². The predicted molar refractivity (Wildman–Crippen MR) is 141 cm³/mol. The van der Waals surface area contributed by atoms with Crippen LogP contribution in [-0.2, 0) is 9.53 Å². The van der Waals surface area contributed by atoms with Gasteiger partial charge in [-0.2, -0.15) is 0 Å².